The van der Waals surface area contributed by atoms with Crippen molar-refractivity contribution in [1.29, 1.82) is 0 Å². The Labute approximate surface area is 134 Å². The normalized spacial score (nSPS) is 10.5. The number of amides is 2. The van der Waals surface area contributed by atoms with E-state index < -0.39 is 0 Å². The highest BCUT2D eigenvalue weighted by Crippen LogP contribution is 2.12. The number of rotatable bonds is 7. The molecule has 0 bridgehead atoms. The maximum absolute atomic E-state index is 11.6. The third-order valence-electron chi connectivity index (χ3n) is 2.90. The summed E-state index contributed by atoms with van der Waals surface area (Å²) in [6, 6.07) is 8.27. The third kappa shape index (κ3) is 5.77. The molecular weight excluding hydrogens is 300 g/mol. The van der Waals surface area contributed by atoms with Crippen LogP contribution in [0, 0.1) is 13.8 Å². The number of benzene rings is 1. The average Bonchev–Trinajstić information content (AvgIpc) is 2.92. The molecule has 1 aromatic heterocycles. The number of nitrogens with zero attached hydrogens (tertiary/aromatic N) is 2. The molecule has 0 saturated carbocycles. The van der Waals surface area contributed by atoms with Crippen LogP contribution in [0.15, 0.2) is 28.8 Å². The van der Waals surface area contributed by atoms with Crippen molar-refractivity contribution >= 4 is 17.8 Å². The summed E-state index contributed by atoms with van der Waals surface area (Å²) in [6.45, 7) is 4.67. The van der Waals surface area contributed by atoms with Crippen molar-refractivity contribution in [1.82, 2.24) is 20.8 Å². The van der Waals surface area contributed by atoms with Crippen molar-refractivity contribution < 1.29 is 9.32 Å². The van der Waals surface area contributed by atoms with Crippen LogP contribution < -0.4 is 10.6 Å². The van der Waals surface area contributed by atoms with E-state index in [0.29, 0.717) is 18.3 Å². The van der Waals surface area contributed by atoms with Gasteiger partial charge in [0.2, 0.25) is 5.89 Å². The SMILES string of the molecule is Cc1ccc(CSCCNC(=O)NCc2noc(C)n2)cc1. The molecule has 1 aromatic carbocycles. The molecule has 0 aliphatic heterocycles. The van der Waals surface area contributed by atoms with Crippen molar-refractivity contribution in [2.24, 2.45) is 0 Å². The molecule has 0 aliphatic carbocycles. The van der Waals surface area contributed by atoms with Gasteiger partial charge in [0.1, 0.15) is 0 Å². The minimum absolute atomic E-state index is 0.224. The van der Waals surface area contributed by atoms with Crippen molar-refractivity contribution in [2.75, 3.05) is 12.3 Å². The minimum Gasteiger partial charge on any atom is -0.340 e. The highest BCUT2D eigenvalue weighted by molar-refractivity contribution is 7.98. The number of hydrogen-bond donors (Lipinski definition) is 2. The van der Waals surface area contributed by atoms with Crippen molar-refractivity contribution in [3.05, 3.63) is 47.1 Å². The zero-order chi connectivity index (χ0) is 15.8. The van der Waals surface area contributed by atoms with Gasteiger partial charge in [0, 0.05) is 25.0 Å². The fraction of sp³-hybridized carbons (Fsp3) is 0.400. The lowest BCUT2D eigenvalue weighted by molar-refractivity contribution is 0.240. The zero-order valence-electron chi connectivity index (χ0n) is 12.8. The van der Waals surface area contributed by atoms with Gasteiger partial charge in [0.05, 0.1) is 6.54 Å². The highest BCUT2D eigenvalue weighted by atomic mass is 32.2. The van der Waals surface area contributed by atoms with Gasteiger partial charge in [0.25, 0.3) is 0 Å². The Hall–Kier alpha value is -2.02. The van der Waals surface area contributed by atoms with Gasteiger partial charge in [-0.2, -0.15) is 16.7 Å². The molecule has 0 aliphatic rings. The van der Waals surface area contributed by atoms with E-state index in [1.54, 1.807) is 18.7 Å². The fourth-order valence-electron chi connectivity index (χ4n) is 1.75. The topological polar surface area (TPSA) is 80.0 Å². The average molecular weight is 320 g/mol. The predicted octanol–water partition coefficient (Wildman–Crippen LogP) is 2.42. The van der Waals surface area contributed by atoms with E-state index in [2.05, 4.69) is 52.0 Å². The zero-order valence-corrected chi connectivity index (χ0v) is 13.6. The summed E-state index contributed by atoms with van der Waals surface area (Å²) in [6.07, 6.45) is 0. The van der Waals surface area contributed by atoms with Gasteiger partial charge in [-0.1, -0.05) is 35.0 Å². The first-order valence-corrected chi connectivity index (χ1v) is 8.23. The van der Waals surface area contributed by atoms with Crippen LogP contribution in [0.2, 0.25) is 0 Å². The molecule has 0 unspecified atom stereocenters. The first-order valence-electron chi connectivity index (χ1n) is 7.07. The molecular formula is C15H20N4O2S. The van der Waals surface area contributed by atoms with Crippen LogP contribution in [0.1, 0.15) is 22.8 Å². The van der Waals surface area contributed by atoms with E-state index >= 15 is 0 Å². The van der Waals surface area contributed by atoms with Crippen LogP contribution in [0.3, 0.4) is 0 Å². The summed E-state index contributed by atoms with van der Waals surface area (Å²) >= 11 is 1.79. The number of thioether (sulfide) groups is 1. The first kappa shape index (κ1) is 16.4. The highest BCUT2D eigenvalue weighted by Gasteiger charge is 2.04. The molecule has 22 heavy (non-hydrogen) atoms. The van der Waals surface area contributed by atoms with Crippen LogP contribution in [-0.4, -0.2) is 28.5 Å². The number of urea groups is 1. The second kappa shape index (κ2) is 8.43. The second-order valence-electron chi connectivity index (χ2n) is 4.88. The largest absolute Gasteiger partial charge is 0.340 e. The molecule has 2 aromatic rings. The van der Waals surface area contributed by atoms with Crippen molar-refractivity contribution in [3.8, 4) is 0 Å². The lowest BCUT2D eigenvalue weighted by atomic mass is 10.2. The summed E-state index contributed by atoms with van der Waals surface area (Å²) in [7, 11) is 0. The summed E-state index contributed by atoms with van der Waals surface area (Å²) in [5, 5.41) is 9.19. The van der Waals surface area contributed by atoms with Crippen molar-refractivity contribution in [2.45, 2.75) is 26.1 Å². The summed E-state index contributed by atoms with van der Waals surface area (Å²) in [4.78, 5) is 15.6. The second-order valence-corrected chi connectivity index (χ2v) is 5.98. The summed E-state index contributed by atoms with van der Waals surface area (Å²) in [5.41, 5.74) is 2.57. The lowest BCUT2D eigenvalue weighted by Gasteiger charge is -2.06. The van der Waals surface area contributed by atoms with Crippen LogP contribution in [0.5, 0.6) is 0 Å². The van der Waals surface area contributed by atoms with E-state index in [1.807, 2.05) is 0 Å². The molecule has 0 fully saturated rings. The number of hydrogen-bond acceptors (Lipinski definition) is 5. The quantitative estimate of drug-likeness (QED) is 0.766. The number of carbonyl (C=O) groups excluding carboxylic acids is 1. The molecule has 0 atom stereocenters. The Morgan fingerprint density at radius 3 is 2.68 bits per heavy atom. The first-order chi connectivity index (χ1) is 10.6. The lowest BCUT2D eigenvalue weighted by Crippen LogP contribution is -2.36. The van der Waals surface area contributed by atoms with Gasteiger partial charge < -0.3 is 15.2 Å². The van der Waals surface area contributed by atoms with Gasteiger partial charge in [-0.15, -0.1) is 0 Å². The van der Waals surface area contributed by atoms with Gasteiger partial charge in [-0.25, -0.2) is 4.79 Å². The summed E-state index contributed by atoms with van der Waals surface area (Å²) in [5.74, 6) is 2.78. The maximum Gasteiger partial charge on any atom is 0.315 e. The molecule has 2 amide bonds. The molecule has 0 radical (unpaired) electrons. The van der Waals surface area contributed by atoms with Crippen LogP contribution in [-0.2, 0) is 12.3 Å². The molecule has 6 nitrogen and oxygen atoms in total. The van der Waals surface area contributed by atoms with E-state index in [9.17, 15) is 4.79 Å². The van der Waals surface area contributed by atoms with E-state index in [4.69, 9.17) is 4.52 Å². The molecule has 2 rings (SSSR count). The summed E-state index contributed by atoms with van der Waals surface area (Å²) < 4.78 is 4.82. The Bertz CT molecular complexity index is 598. The number of carbonyl (C=O) groups is 1. The Balaban J connectivity index is 1.54. The monoisotopic (exact) mass is 320 g/mol. The molecule has 2 N–H and O–H groups in total. The van der Waals surface area contributed by atoms with Gasteiger partial charge >= 0.3 is 6.03 Å². The molecule has 118 valence electrons. The van der Waals surface area contributed by atoms with E-state index in [-0.39, 0.29) is 12.6 Å². The Kier molecular flexibility index (Phi) is 6.27. The minimum atomic E-state index is -0.224. The standard InChI is InChI=1S/C15H20N4O2S/c1-11-3-5-13(6-4-11)10-22-8-7-16-15(20)17-9-14-18-12(2)21-19-14/h3-6H,7-10H2,1-2H3,(H2,16,17,20). The van der Waals surface area contributed by atoms with Gasteiger partial charge in [-0.3, -0.25) is 0 Å². The molecule has 0 spiro atoms. The fourth-order valence-corrected chi connectivity index (χ4v) is 2.56. The molecule has 1 heterocycles. The van der Waals surface area contributed by atoms with Gasteiger partial charge in [0.15, 0.2) is 5.82 Å². The smallest absolute Gasteiger partial charge is 0.315 e. The third-order valence-corrected chi connectivity index (χ3v) is 3.93. The Morgan fingerprint density at radius 2 is 2.00 bits per heavy atom. The van der Waals surface area contributed by atoms with Crippen LogP contribution in [0.4, 0.5) is 4.79 Å². The van der Waals surface area contributed by atoms with Gasteiger partial charge in [-0.05, 0) is 12.5 Å². The number of aromatic nitrogens is 2. The Morgan fingerprint density at radius 1 is 1.23 bits per heavy atom. The molecule has 7 heteroatoms. The maximum atomic E-state index is 11.6. The van der Waals surface area contributed by atoms with Crippen LogP contribution >= 0.6 is 11.8 Å². The number of nitrogens with one attached hydrogen (secondary N) is 2. The van der Waals surface area contributed by atoms with E-state index in [1.165, 1.54) is 11.1 Å². The number of aryl methyl sites for hydroxylation is 2. The van der Waals surface area contributed by atoms with Crippen molar-refractivity contribution in [3.63, 3.8) is 0 Å². The molecule has 0 saturated heterocycles. The van der Waals surface area contributed by atoms with E-state index in [0.717, 1.165) is 11.5 Å². The van der Waals surface area contributed by atoms with Crippen LogP contribution in [0.25, 0.3) is 0 Å². The predicted molar refractivity (Wildman–Crippen MR) is 86.6 cm³/mol.